The summed E-state index contributed by atoms with van der Waals surface area (Å²) in [6, 6.07) is 22.0. The molecule has 1 saturated heterocycles. The lowest BCUT2D eigenvalue weighted by molar-refractivity contribution is -0.907. The normalized spacial score (nSPS) is 23.1. The molecule has 0 amide bonds. The monoisotopic (exact) mass is 294 g/mol. The number of nitrogens with one attached hydrogen (secondary N) is 1. The summed E-state index contributed by atoms with van der Waals surface area (Å²) in [6.07, 6.45) is 4.03. The van der Waals surface area contributed by atoms with Crippen LogP contribution in [-0.4, -0.2) is 19.6 Å². The molecule has 1 nitrogen and oxygen atoms in total. The minimum Gasteiger partial charge on any atom is -0.334 e. The van der Waals surface area contributed by atoms with Crippen molar-refractivity contribution < 1.29 is 4.90 Å². The van der Waals surface area contributed by atoms with Crippen LogP contribution in [0.3, 0.4) is 0 Å². The van der Waals surface area contributed by atoms with E-state index in [0.29, 0.717) is 5.92 Å². The number of rotatable bonds is 5. The Balaban J connectivity index is 1.46. The third kappa shape index (κ3) is 4.20. The maximum Gasteiger partial charge on any atom is 0.0837 e. The number of piperidine rings is 1. The van der Waals surface area contributed by atoms with E-state index < -0.39 is 0 Å². The van der Waals surface area contributed by atoms with Gasteiger partial charge in [0.05, 0.1) is 19.6 Å². The summed E-state index contributed by atoms with van der Waals surface area (Å²) in [4.78, 5) is 1.79. The van der Waals surface area contributed by atoms with Gasteiger partial charge in [0.2, 0.25) is 0 Å². The quantitative estimate of drug-likeness (QED) is 0.863. The van der Waals surface area contributed by atoms with Crippen molar-refractivity contribution >= 4 is 0 Å². The van der Waals surface area contributed by atoms with Gasteiger partial charge >= 0.3 is 0 Å². The number of hydrogen-bond acceptors (Lipinski definition) is 0. The molecule has 1 heteroatoms. The Morgan fingerprint density at radius 1 is 0.909 bits per heavy atom. The van der Waals surface area contributed by atoms with Crippen molar-refractivity contribution in [3.05, 3.63) is 71.8 Å². The van der Waals surface area contributed by atoms with Crippen LogP contribution in [-0.2, 0) is 6.42 Å². The van der Waals surface area contributed by atoms with Crippen LogP contribution in [0.5, 0.6) is 0 Å². The molecule has 116 valence electrons. The fraction of sp³-hybridized carbons (Fsp3) is 0.429. The zero-order valence-corrected chi connectivity index (χ0v) is 13.7. The SMILES string of the molecule is C[C@@H](C[NH+]1CCC(Cc2ccccc2)CC1)c1ccccc1. The van der Waals surface area contributed by atoms with Gasteiger partial charge in [-0.25, -0.2) is 0 Å². The summed E-state index contributed by atoms with van der Waals surface area (Å²) in [5.41, 5.74) is 3.00. The van der Waals surface area contributed by atoms with E-state index in [4.69, 9.17) is 0 Å². The van der Waals surface area contributed by atoms with Gasteiger partial charge in [-0.15, -0.1) is 0 Å². The van der Waals surface area contributed by atoms with Crippen molar-refractivity contribution in [2.24, 2.45) is 5.92 Å². The van der Waals surface area contributed by atoms with Crippen LogP contribution in [0.2, 0.25) is 0 Å². The Kier molecular flexibility index (Phi) is 5.29. The fourth-order valence-electron chi connectivity index (χ4n) is 3.77. The van der Waals surface area contributed by atoms with Gasteiger partial charge < -0.3 is 4.90 Å². The van der Waals surface area contributed by atoms with Gasteiger partial charge in [-0.3, -0.25) is 0 Å². The second-order valence-electron chi connectivity index (χ2n) is 6.90. The maximum atomic E-state index is 2.37. The molecule has 0 aliphatic carbocycles. The van der Waals surface area contributed by atoms with Crippen molar-refractivity contribution in [3.8, 4) is 0 Å². The minimum atomic E-state index is 0.668. The van der Waals surface area contributed by atoms with Gasteiger partial charge in [0.1, 0.15) is 0 Å². The molecule has 0 saturated carbocycles. The van der Waals surface area contributed by atoms with Gasteiger partial charge in [-0.2, -0.15) is 0 Å². The van der Waals surface area contributed by atoms with E-state index >= 15 is 0 Å². The molecule has 0 aromatic heterocycles. The topological polar surface area (TPSA) is 4.44 Å². The smallest absolute Gasteiger partial charge is 0.0837 e. The van der Waals surface area contributed by atoms with Gasteiger partial charge in [-0.1, -0.05) is 67.6 Å². The van der Waals surface area contributed by atoms with E-state index in [1.54, 1.807) is 4.90 Å². The van der Waals surface area contributed by atoms with E-state index in [9.17, 15) is 0 Å². The summed E-state index contributed by atoms with van der Waals surface area (Å²) in [5, 5.41) is 0. The zero-order valence-electron chi connectivity index (χ0n) is 13.7. The lowest BCUT2D eigenvalue weighted by Gasteiger charge is -2.31. The molecule has 1 aliphatic rings. The molecule has 0 bridgehead atoms. The number of hydrogen-bond donors (Lipinski definition) is 1. The van der Waals surface area contributed by atoms with Crippen LogP contribution < -0.4 is 4.90 Å². The van der Waals surface area contributed by atoms with E-state index in [0.717, 1.165) is 5.92 Å². The zero-order chi connectivity index (χ0) is 15.2. The van der Waals surface area contributed by atoms with E-state index in [2.05, 4.69) is 67.6 Å². The largest absolute Gasteiger partial charge is 0.334 e. The molecule has 2 aromatic rings. The highest BCUT2D eigenvalue weighted by Gasteiger charge is 2.23. The summed E-state index contributed by atoms with van der Waals surface area (Å²) >= 11 is 0. The number of likely N-dealkylation sites (tertiary alicyclic amines) is 1. The van der Waals surface area contributed by atoms with E-state index in [1.165, 1.54) is 50.0 Å². The average molecular weight is 294 g/mol. The molecular weight excluding hydrogens is 266 g/mol. The molecule has 22 heavy (non-hydrogen) atoms. The molecule has 1 fully saturated rings. The highest BCUT2D eigenvalue weighted by molar-refractivity contribution is 5.18. The number of benzene rings is 2. The second-order valence-corrected chi connectivity index (χ2v) is 6.90. The average Bonchev–Trinajstić information content (AvgIpc) is 2.58. The van der Waals surface area contributed by atoms with Crippen molar-refractivity contribution in [1.82, 2.24) is 0 Å². The Labute approximate surface area is 135 Å². The van der Waals surface area contributed by atoms with Gasteiger partial charge in [0.25, 0.3) is 0 Å². The Bertz CT molecular complexity index is 541. The summed E-state index contributed by atoms with van der Waals surface area (Å²) in [5.74, 6) is 1.56. The Morgan fingerprint density at radius 3 is 2.14 bits per heavy atom. The molecule has 1 aliphatic heterocycles. The summed E-state index contributed by atoms with van der Waals surface area (Å²) in [7, 11) is 0. The molecule has 1 heterocycles. The number of quaternary nitrogens is 1. The summed E-state index contributed by atoms with van der Waals surface area (Å²) in [6.45, 7) is 6.34. The third-order valence-electron chi connectivity index (χ3n) is 5.14. The minimum absolute atomic E-state index is 0.668. The molecule has 1 atom stereocenters. The van der Waals surface area contributed by atoms with Crippen LogP contribution >= 0.6 is 0 Å². The van der Waals surface area contributed by atoms with Crippen LogP contribution in [0.15, 0.2) is 60.7 Å². The first-order valence-corrected chi connectivity index (χ1v) is 8.73. The molecule has 1 N–H and O–H groups in total. The molecule has 2 aromatic carbocycles. The highest BCUT2D eigenvalue weighted by Crippen LogP contribution is 2.17. The maximum absolute atomic E-state index is 2.37. The molecule has 0 unspecified atom stereocenters. The van der Waals surface area contributed by atoms with Crippen molar-refractivity contribution in [1.29, 1.82) is 0 Å². The Morgan fingerprint density at radius 2 is 1.50 bits per heavy atom. The second kappa shape index (κ2) is 7.60. The van der Waals surface area contributed by atoms with Gasteiger partial charge in [0.15, 0.2) is 0 Å². The third-order valence-corrected chi connectivity index (χ3v) is 5.14. The fourth-order valence-corrected chi connectivity index (χ4v) is 3.77. The van der Waals surface area contributed by atoms with Crippen LogP contribution in [0.25, 0.3) is 0 Å². The van der Waals surface area contributed by atoms with Crippen LogP contribution in [0, 0.1) is 5.92 Å². The van der Waals surface area contributed by atoms with E-state index in [-0.39, 0.29) is 0 Å². The van der Waals surface area contributed by atoms with Crippen molar-refractivity contribution in [2.75, 3.05) is 19.6 Å². The molecule has 0 spiro atoms. The van der Waals surface area contributed by atoms with Crippen molar-refractivity contribution in [2.45, 2.75) is 32.1 Å². The van der Waals surface area contributed by atoms with E-state index in [1.807, 2.05) is 0 Å². The molecule has 0 radical (unpaired) electrons. The standard InChI is InChI=1S/C21H27N/c1-18(21-10-6-3-7-11-21)17-22-14-12-20(13-15-22)16-19-8-4-2-5-9-19/h2-11,18,20H,12-17H2,1H3/p+1/t18-/m0/s1. The first kappa shape index (κ1) is 15.3. The summed E-state index contributed by atoms with van der Waals surface area (Å²) < 4.78 is 0. The predicted molar refractivity (Wildman–Crippen MR) is 93.3 cm³/mol. The first-order chi connectivity index (χ1) is 10.8. The predicted octanol–water partition coefficient (Wildman–Crippen LogP) is 3.33. The highest BCUT2D eigenvalue weighted by atomic mass is 15.1. The van der Waals surface area contributed by atoms with Crippen molar-refractivity contribution in [3.63, 3.8) is 0 Å². The molecular formula is C21H28N+. The molecule has 3 rings (SSSR count). The first-order valence-electron chi connectivity index (χ1n) is 8.73. The van der Waals surface area contributed by atoms with Crippen LogP contribution in [0.1, 0.15) is 36.8 Å². The Hall–Kier alpha value is -1.60. The van der Waals surface area contributed by atoms with Crippen LogP contribution in [0.4, 0.5) is 0 Å². The lowest BCUT2D eigenvalue weighted by atomic mass is 9.89. The van der Waals surface area contributed by atoms with Gasteiger partial charge in [0, 0.05) is 5.92 Å². The van der Waals surface area contributed by atoms with Gasteiger partial charge in [-0.05, 0) is 36.3 Å². The lowest BCUT2D eigenvalue weighted by Crippen LogP contribution is -3.13.